The number of hydrogen-bond donors (Lipinski definition) is 2. The van der Waals surface area contributed by atoms with Crippen molar-refractivity contribution in [3.05, 3.63) is 11.1 Å². The van der Waals surface area contributed by atoms with Gasteiger partial charge in [-0.2, -0.15) is 0 Å². The first-order chi connectivity index (χ1) is 10.5. The second kappa shape index (κ2) is 7.92. The minimum Gasteiger partial charge on any atom is -0.391 e. The Morgan fingerprint density at radius 2 is 2.23 bits per heavy atom. The second-order valence-electron chi connectivity index (χ2n) is 6.23. The standard InChI is InChI=1S/C16H27N3O2S/c1-4-11(2)14(20)9-17-15(21)13-5-7-19(8-6-13)16-18-12(3)10-22-16/h10-11,13-14,20H,4-9H2,1-3H3,(H,17,21). The van der Waals surface area contributed by atoms with E-state index in [4.69, 9.17) is 0 Å². The van der Waals surface area contributed by atoms with E-state index in [1.54, 1.807) is 11.3 Å². The average Bonchev–Trinajstić information content (AvgIpc) is 2.98. The summed E-state index contributed by atoms with van der Waals surface area (Å²) in [6, 6.07) is 0. The molecule has 0 spiro atoms. The first-order valence-corrected chi connectivity index (χ1v) is 9.02. The third kappa shape index (κ3) is 4.43. The number of anilines is 1. The normalized spacial score (nSPS) is 19.0. The number of rotatable bonds is 6. The SMILES string of the molecule is CCC(C)C(O)CNC(=O)C1CCN(c2nc(C)cs2)CC1. The molecule has 6 heteroatoms. The van der Waals surface area contributed by atoms with Crippen molar-refractivity contribution in [2.24, 2.45) is 11.8 Å². The van der Waals surface area contributed by atoms with E-state index >= 15 is 0 Å². The summed E-state index contributed by atoms with van der Waals surface area (Å²) in [6.45, 7) is 8.16. The molecule has 1 saturated heterocycles. The van der Waals surface area contributed by atoms with Crippen LogP contribution in [0.3, 0.4) is 0 Å². The first kappa shape index (κ1) is 17.2. The van der Waals surface area contributed by atoms with Crippen LogP contribution in [0.15, 0.2) is 5.38 Å². The number of nitrogens with one attached hydrogen (secondary N) is 1. The summed E-state index contributed by atoms with van der Waals surface area (Å²) >= 11 is 1.67. The van der Waals surface area contributed by atoms with Crippen LogP contribution >= 0.6 is 11.3 Å². The van der Waals surface area contributed by atoms with Crippen LogP contribution < -0.4 is 10.2 Å². The Bertz CT molecular complexity index is 483. The number of nitrogens with zero attached hydrogens (tertiary/aromatic N) is 2. The molecule has 2 atom stereocenters. The molecule has 1 aliphatic heterocycles. The van der Waals surface area contributed by atoms with Gasteiger partial charge in [-0.3, -0.25) is 4.79 Å². The fraction of sp³-hybridized carbons (Fsp3) is 0.750. The van der Waals surface area contributed by atoms with Crippen molar-refractivity contribution in [1.82, 2.24) is 10.3 Å². The molecule has 1 amide bonds. The van der Waals surface area contributed by atoms with Crippen molar-refractivity contribution >= 4 is 22.4 Å². The molecular weight excluding hydrogens is 298 g/mol. The van der Waals surface area contributed by atoms with Crippen LogP contribution in [-0.2, 0) is 4.79 Å². The van der Waals surface area contributed by atoms with Gasteiger partial charge in [-0.15, -0.1) is 11.3 Å². The van der Waals surface area contributed by atoms with Crippen LogP contribution in [0.2, 0.25) is 0 Å². The van der Waals surface area contributed by atoms with E-state index in [-0.39, 0.29) is 17.7 Å². The maximum absolute atomic E-state index is 12.2. The Labute approximate surface area is 136 Å². The predicted octanol–water partition coefficient (Wildman–Crippen LogP) is 2.19. The van der Waals surface area contributed by atoms with E-state index < -0.39 is 6.10 Å². The molecule has 0 bridgehead atoms. The van der Waals surface area contributed by atoms with Gasteiger partial charge in [0.25, 0.3) is 0 Å². The van der Waals surface area contributed by atoms with Crippen LogP contribution in [-0.4, -0.2) is 41.7 Å². The second-order valence-corrected chi connectivity index (χ2v) is 7.07. The number of carbonyl (C=O) groups excluding carboxylic acids is 1. The molecular formula is C16H27N3O2S. The van der Waals surface area contributed by atoms with Crippen LogP contribution in [0.1, 0.15) is 38.8 Å². The van der Waals surface area contributed by atoms with E-state index in [9.17, 15) is 9.90 Å². The fourth-order valence-electron chi connectivity index (χ4n) is 2.64. The van der Waals surface area contributed by atoms with Crippen molar-refractivity contribution in [3.8, 4) is 0 Å². The van der Waals surface area contributed by atoms with Crippen molar-refractivity contribution in [1.29, 1.82) is 0 Å². The average molecular weight is 325 g/mol. The Kier molecular flexibility index (Phi) is 6.20. The molecule has 1 aromatic heterocycles. The summed E-state index contributed by atoms with van der Waals surface area (Å²) < 4.78 is 0. The zero-order valence-electron chi connectivity index (χ0n) is 13.7. The number of hydrogen-bond acceptors (Lipinski definition) is 5. The summed E-state index contributed by atoms with van der Waals surface area (Å²) in [5, 5.41) is 16.0. The highest BCUT2D eigenvalue weighted by Gasteiger charge is 2.26. The van der Waals surface area contributed by atoms with Gasteiger partial charge in [-0.25, -0.2) is 4.98 Å². The molecule has 1 aliphatic rings. The van der Waals surface area contributed by atoms with Gasteiger partial charge in [0.15, 0.2) is 5.13 Å². The Morgan fingerprint density at radius 3 is 2.77 bits per heavy atom. The Morgan fingerprint density at radius 1 is 1.55 bits per heavy atom. The number of amides is 1. The lowest BCUT2D eigenvalue weighted by Crippen LogP contribution is -2.43. The highest BCUT2D eigenvalue weighted by Crippen LogP contribution is 2.26. The van der Waals surface area contributed by atoms with Gasteiger partial charge in [0.1, 0.15) is 0 Å². The van der Waals surface area contributed by atoms with Crippen LogP contribution in [0.5, 0.6) is 0 Å². The first-order valence-electron chi connectivity index (χ1n) is 8.14. The highest BCUT2D eigenvalue weighted by atomic mass is 32.1. The predicted molar refractivity (Wildman–Crippen MR) is 90.3 cm³/mol. The number of aliphatic hydroxyl groups is 1. The van der Waals surface area contributed by atoms with Gasteiger partial charge >= 0.3 is 0 Å². The number of thiazole rings is 1. The molecule has 2 rings (SSSR count). The van der Waals surface area contributed by atoms with Crippen molar-refractivity contribution < 1.29 is 9.90 Å². The molecule has 2 N–H and O–H groups in total. The third-order valence-corrected chi connectivity index (χ3v) is 5.55. The van der Waals surface area contributed by atoms with Crippen LogP contribution in [0.25, 0.3) is 0 Å². The van der Waals surface area contributed by atoms with Crippen molar-refractivity contribution in [2.45, 2.75) is 46.1 Å². The number of piperidine rings is 1. The van der Waals surface area contributed by atoms with Gasteiger partial charge < -0.3 is 15.3 Å². The largest absolute Gasteiger partial charge is 0.391 e. The number of aryl methyl sites for hydroxylation is 1. The lowest BCUT2D eigenvalue weighted by molar-refractivity contribution is -0.126. The fourth-order valence-corrected chi connectivity index (χ4v) is 3.50. The maximum atomic E-state index is 12.2. The molecule has 1 fully saturated rings. The van der Waals surface area contributed by atoms with E-state index in [2.05, 4.69) is 20.6 Å². The molecule has 1 aromatic rings. The lowest BCUT2D eigenvalue weighted by Gasteiger charge is -2.31. The molecule has 0 aromatic carbocycles. The maximum Gasteiger partial charge on any atom is 0.223 e. The van der Waals surface area contributed by atoms with Gasteiger partial charge in [-0.1, -0.05) is 20.3 Å². The molecule has 0 aliphatic carbocycles. The minimum atomic E-state index is -0.452. The number of carbonyl (C=O) groups is 1. The molecule has 0 radical (unpaired) electrons. The molecule has 2 unspecified atom stereocenters. The zero-order chi connectivity index (χ0) is 16.1. The topological polar surface area (TPSA) is 65.5 Å². The summed E-state index contributed by atoms with van der Waals surface area (Å²) in [4.78, 5) is 19.0. The minimum absolute atomic E-state index is 0.0569. The van der Waals surface area contributed by atoms with Crippen LogP contribution in [0, 0.1) is 18.8 Å². The Balaban J connectivity index is 1.75. The van der Waals surface area contributed by atoms with Crippen molar-refractivity contribution in [2.75, 3.05) is 24.5 Å². The Hall–Kier alpha value is -1.14. The summed E-state index contributed by atoms with van der Waals surface area (Å²) in [5.74, 6) is 0.356. The summed E-state index contributed by atoms with van der Waals surface area (Å²) in [6.07, 6.45) is 2.17. The quantitative estimate of drug-likeness (QED) is 0.841. The molecule has 2 heterocycles. The van der Waals surface area contributed by atoms with E-state index in [0.29, 0.717) is 6.54 Å². The lowest BCUT2D eigenvalue weighted by atomic mass is 9.95. The van der Waals surface area contributed by atoms with Crippen molar-refractivity contribution in [3.63, 3.8) is 0 Å². The summed E-state index contributed by atoms with van der Waals surface area (Å²) in [7, 11) is 0. The highest BCUT2D eigenvalue weighted by molar-refractivity contribution is 7.13. The molecule has 124 valence electrons. The zero-order valence-corrected chi connectivity index (χ0v) is 14.5. The summed E-state index contributed by atoms with van der Waals surface area (Å²) in [5.41, 5.74) is 1.05. The molecule has 22 heavy (non-hydrogen) atoms. The number of aromatic nitrogens is 1. The smallest absolute Gasteiger partial charge is 0.223 e. The van der Waals surface area contributed by atoms with Gasteiger partial charge in [0.05, 0.1) is 11.8 Å². The van der Waals surface area contributed by atoms with Gasteiger partial charge in [-0.05, 0) is 25.7 Å². The third-order valence-electron chi connectivity index (χ3n) is 4.53. The van der Waals surface area contributed by atoms with E-state index in [0.717, 1.165) is 43.2 Å². The van der Waals surface area contributed by atoms with Gasteiger partial charge in [0.2, 0.25) is 5.91 Å². The van der Waals surface area contributed by atoms with Gasteiger partial charge in [0, 0.05) is 30.9 Å². The monoisotopic (exact) mass is 325 g/mol. The van der Waals surface area contributed by atoms with E-state index in [1.807, 2.05) is 20.8 Å². The molecule has 0 saturated carbocycles. The molecule has 5 nitrogen and oxygen atoms in total. The van der Waals surface area contributed by atoms with Crippen LogP contribution in [0.4, 0.5) is 5.13 Å². The van der Waals surface area contributed by atoms with E-state index in [1.165, 1.54) is 0 Å². The number of aliphatic hydroxyl groups excluding tert-OH is 1.